The molecule has 1 amide bonds. The van der Waals surface area contributed by atoms with E-state index in [0.29, 0.717) is 17.5 Å². The molecule has 138 valence electrons. The summed E-state index contributed by atoms with van der Waals surface area (Å²) in [5.41, 5.74) is 0.737. The number of hydrogen-bond donors (Lipinski definition) is 2. The van der Waals surface area contributed by atoms with Gasteiger partial charge in [-0.15, -0.1) is 12.4 Å². The second-order valence-corrected chi connectivity index (χ2v) is 8.09. The van der Waals surface area contributed by atoms with Gasteiger partial charge in [0.15, 0.2) is 0 Å². The molecule has 2 saturated carbocycles. The third-order valence-corrected chi connectivity index (χ3v) is 6.23. The lowest BCUT2D eigenvalue weighted by molar-refractivity contribution is -0.124. The van der Waals surface area contributed by atoms with Crippen molar-refractivity contribution in [1.82, 2.24) is 10.2 Å². The first-order chi connectivity index (χ1) is 11.6. The van der Waals surface area contributed by atoms with Crippen LogP contribution in [0.3, 0.4) is 0 Å². The predicted octanol–water partition coefficient (Wildman–Crippen LogP) is 2.61. The minimum absolute atomic E-state index is 0. The van der Waals surface area contributed by atoms with Gasteiger partial charge in [-0.05, 0) is 55.2 Å². The number of amides is 1. The van der Waals surface area contributed by atoms with Crippen LogP contribution in [0.15, 0.2) is 24.3 Å². The van der Waals surface area contributed by atoms with Crippen LogP contribution in [0.4, 0.5) is 0 Å². The minimum Gasteiger partial charge on any atom is -0.395 e. The van der Waals surface area contributed by atoms with Crippen LogP contribution in [0.1, 0.15) is 31.2 Å². The van der Waals surface area contributed by atoms with Gasteiger partial charge < -0.3 is 10.4 Å². The molecule has 1 aromatic rings. The SMILES string of the molecule is Cl.O=C(N[C@H]1CN(CCO)C[C@@H]1C1CC1)C1(c2ccc(Cl)cc2)CC1. The standard InChI is InChI=1S/C19H25ClN2O2.ClH/c20-15-5-3-14(4-6-15)19(7-8-19)18(24)21-17-12-22(9-10-23)11-16(17)13-1-2-13;/h3-6,13,16-17,23H,1-2,7-12H2,(H,21,24);1H/t16-,17+;/m1./s1. The van der Waals surface area contributed by atoms with Crippen molar-refractivity contribution in [3.63, 3.8) is 0 Å². The number of halogens is 2. The van der Waals surface area contributed by atoms with E-state index in [1.165, 1.54) is 12.8 Å². The number of β-amino-alcohol motifs (C(OH)–C–C–N with tert-alkyl or cyclic N) is 1. The van der Waals surface area contributed by atoms with E-state index in [1.54, 1.807) is 0 Å². The lowest BCUT2D eigenvalue weighted by Crippen LogP contribution is -2.46. The van der Waals surface area contributed by atoms with Crippen molar-refractivity contribution in [2.75, 3.05) is 26.2 Å². The van der Waals surface area contributed by atoms with E-state index in [9.17, 15) is 9.90 Å². The Labute approximate surface area is 160 Å². The maximum absolute atomic E-state index is 13.0. The summed E-state index contributed by atoms with van der Waals surface area (Å²) in [5.74, 6) is 1.47. The van der Waals surface area contributed by atoms with Gasteiger partial charge in [0.1, 0.15) is 0 Å². The second kappa shape index (κ2) is 7.43. The molecule has 2 atom stereocenters. The van der Waals surface area contributed by atoms with Crippen LogP contribution < -0.4 is 5.32 Å². The molecule has 0 bridgehead atoms. The van der Waals surface area contributed by atoms with Gasteiger partial charge in [0.25, 0.3) is 0 Å². The zero-order chi connectivity index (χ0) is 16.7. The number of rotatable bonds is 6. The highest BCUT2D eigenvalue weighted by Gasteiger charge is 2.53. The van der Waals surface area contributed by atoms with Crippen LogP contribution in [0.2, 0.25) is 5.02 Å². The van der Waals surface area contributed by atoms with Gasteiger partial charge in [0, 0.05) is 30.7 Å². The molecule has 3 aliphatic rings. The first-order valence-electron chi connectivity index (χ1n) is 9.02. The number of likely N-dealkylation sites (tertiary alicyclic amines) is 1. The van der Waals surface area contributed by atoms with Crippen molar-refractivity contribution < 1.29 is 9.90 Å². The fraction of sp³-hybridized carbons (Fsp3) is 0.632. The number of aliphatic hydroxyl groups excluding tert-OH is 1. The molecule has 4 nitrogen and oxygen atoms in total. The van der Waals surface area contributed by atoms with Crippen molar-refractivity contribution in [1.29, 1.82) is 0 Å². The maximum Gasteiger partial charge on any atom is 0.230 e. The Morgan fingerprint density at radius 3 is 2.48 bits per heavy atom. The Bertz CT molecular complexity index is 614. The van der Waals surface area contributed by atoms with Gasteiger partial charge in [-0.25, -0.2) is 0 Å². The summed E-state index contributed by atoms with van der Waals surface area (Å²) in [6.45, 7) is 2.76. The van der Waals surface area contributed by atoms with Crippen molar-refractivity contribution >= 4 is 29.9 Å². The molecule has 1 aliphatic heterocycles. The highest BCUT2D eigenvalue weighted by molar-refractivity contribution is 6.30. The molecule has 0 radical (unpaired) electrons. The van der Waals surface area contributed by atoms with Gasteiger partial charge in [-0.3, -0.25) is 9.69 Å². The van der Waals surface area contributed by atoms with E-state index in [2.05, 4.69) is 10.2 Å². The van der Waals surface area contributed by atoms with Crippen molar-refractivity contribution in [2.24, 2.45) is 11.8 Å². The van der Waals surface area contributed by atoms with Gasteiger partial charge in [-0.2, -0.15) is 0 Å². The highest BCUT2D eigenvalue weighted by Crippen LogP contribution is 2.49. The molecule has 3 fully saturated rings. The highest BCUT2D eigenvalue weighted by atomic mass is 35.5. The third kappa shape index (κ3) is 3.82. The fourth-order valence-electron chi connectivity index (χ4n) is 4.24. The van der Waals surface area contributed by atoms with Gasteiger partial charge in [0.2, 0.25) is 5.91 Å². The molecule has 4 rings (SSSR count). The number of carbonyl (C=O) groups is 1. The Kier molecular flexibility index (Phi) is 5.64. The van der Waals surface area contributed by atoms with Gasteiger partial charge in [-0.1, -0.05) is 23.7 Å². The summed E-state index contributed by atoms with van der Waals surface area (Å²) in [6, 6.07) is 7.94. The molecule has 6 heteroatoms. The van der Waals surface area contributed by atoms with Gasteiger partial charge >= 0.3 is 0 Å². The molecular formula is C19H26Cl2N2O2. The number of aliphatic hydroxyl groups is 1. The Morgan fingerprint density at radius 1 is 1.24 bits per heavy atom. The zero-order valence-electron chi connectivity index (χ0n) is 14.3. The van der Waals surface area contributed by atoms with Crippen LogP contribution in [-0.2, 0) is 10.2 Å². The van der Waals surface area contributed by atoms with Crippen LogP contribution >= 0.6 is 24.0 Å². The zero-order valence-corrected chi connectivity index (χ0v) is 15.9. The van der Waals surface area contributed by atoms with Crippen LogP contribution in [0.25, 0.3) is 0 Å². The van der Waals surface area contributed by atoms with E-state index >= 15 is 0 Å². The lowest BCUT2D eigenvalue weighted by atomic mass is 9.92. The quantitative estimate of drug-likeness (QED) is 0.792. The molecule has 1 saturated heterocycles. The normalized spacial score (nSPS) is 27.6. The van der Waals surface area contributed by atoms with Crippen LogP contribution in [-0.4, -0.2) is 48.2 Å². The number of carbonyl (C=O) groups excluding carboxylic acids is 1. The average Bonchev–Trinajstić information content (AvgIpc) is 3.48. The van der Waals surface area contributed by atoms with E-state index in [-0.39, 0.29) is 36.4 Å². The average molecular weight is 385 g/mol. The van der Waals surface area contributed by atoms with E-state index in [1.807, 2.05) is 24.3 Å². The molecule has 0 aromatic heterocycles. The lowest BCUT2D eigenvalue weighted by Gasteiger charge is -2.23. The Morgan fingerprint density at radius 2 is 1.92 bits per heavy atom. The summed E-state index contributed by atoms with van der Waals surface area (Å²) >= 11 is 5.98. The first-order valence-corrected chi connectivity index (χ1v) is 9.40. The van der Waals surface area contributed by atoms with E-state index in [4.69, 9.17) is 11.6 Å². The minimum atomic E-state index is -0.344. The number of nitrogens with zero attached hydrogens (tertiary/aromatic N) is 1. The molecule has 2 aliphatic carbocycles. The topological polar surface area (TPSA) is 52.6 Å². The van der Waals surface area contributed by atoms with Crippen molar-refractivity contribution in [3.05, 3.63) is 34.9 Å². The first kappa shape index (κ1) is 19.0. The molecule has 25 heavy (non-hydrogen) atoms. The number of nitrogens with one attached hydrogen (secondary N) is 1. The predicted molar refractivity (Wildman–Crippen MR) is 101 cm³/mol. The summed E-state index contributed by atoms with van der Waals surface area (Å²) < 4.78 is 0. The Hall–Kier alpha value is -0.810. The largest absolute Gasteiger partial charge is 0.395 e. The number of hydrogen-bond acceptors (Lipinski definition) is 3. The Balaban J connectivity index is 0.00000182. The molecule has 0 spiro atoms. The smallest absolute Gasteiger partial charge is 0.230 e. The summed E-state index contributed by atoms with van der Waals surface area (Å²) in [7, 11) is 0. The summed E-state index contributed by atoms with van der Waals surface area (Å²) in [4.78, 5) is 15.3. The second-order valence-electron chi connectivity index (χ2n) is 7.65. The molecule has 1 heterocycles. The van der Waals surface area contributed by atoms with E-state index < -0.39 is 0 Å². The van der Waals surface area contributed by atoms with Crippen molar-refractivity contribution in [3.8, 4) is 0 Å². The summed E-state index contributed by atoms with van der Waals surface area (Å²) in [6.07, 6.45) is 4.40. The van der Waals surface area contributed by atoms with E-state index in [0.717, 1.165) is 37.4 Å². The van der Waals surface area contributed by atoms with Crippen LogP contribution in [0.5, 0.6) is 0 Å². The molecular weight excluding hydrogens is 359 g/mol. The molecule has 0 unspecified atom stereocenters. The fourth-order valence-corrected chi connectivity index (χ4v) is 4.37. The molecule has 2 N–H and O–H groups in total. The number of benzene rings is 1. The maximum atomic E-state index is 13.0. The summed E-state index contributed by atoms with van der Waals surface area (Å²) in [5, 5.41) is 13.3. The van der Waals surface area contributed by atoms with Gasteiger partial charge in [0.05, 0.1) is 12.0 Å². The van der Waals surface area contributed by atoms with Crippen molar-refractivity contribution in [2.45, 2.75) is 37.1 Å². The third-order valence-electron chi connectivity index (χ3n) is 5.98. The monoisotopic (exact) mass is 384 g/mol. The molecule has 1 aromatic carbocycles. The van der Waals surface area contributed by atoms with Crippen LogP contribution in [0, 0.1) is 11.8 Å².